The highest BCUT2D eigenvalue weighted by molar-refractivity contribution is 5.96. The summed E-state index contributed by atoms with van der Waals surface area (Å²) in [5.41, 5.74) is 0.568. The minimum Gasteiger partial charge on any atom is -0.486 e. The first-order valence-corrected chi connectivity index (χ1v) is 10.3. The number of hydrogen-bond donors (Lipinski definition) is 1. The second-order valence-electron chi connectivity index (χ2n) is 7.51. The lowest BCUT2D eigenvalue weighted by Crippen LogP contribution is -2.42. The standard InChI is InChI=1S/C22H25N3O6/c1-2-24(14-20(26)23-16-5-6-18-19(11-16)31-9-8-30-18)22(28)15-10-21(27)25(12-15)13-17-4-3-7-29-17/h3-7,11,15H,2,8-10,12-14H2,1H3,(H,23,26). The lowest BCUT2D eigenvalue weighted by molar-refractivity contribution is -0.138. The number of likely N-dealkylation sites (N-methyl/N-ethyl adjacent to an activating group) is 1. The highest BCUT2D eigenvalue weighted by atomic mass is 16.6. The molecule has 2 aromatic rings. The molecular weight excluding hydrogens is 402 g/mol. The fraction of sp³-hybridized carbons (Fsp3) is 0.409. The highest BCUT2D eigenvalue weighted by Gasteiger charge is 2.36. The predicted octanol–water partition coefficient (Wildman–Crippen LogP) is 1.89. The zero-order valence-corrected chi connectivity index (χ0v) is 17.3. The molecule has 0 saturated carbocycles. The fourth-order valence-corrected chi connectivity index (χ4v) is 3.78. The number of ether oxygens (including phenoxy) is 2. The van der Waals surface area contributed by atoms with Gasteiger partial charge in [0.15, 0.2) is 11.5 Å². The molecule has 1 aromatic carbocycles. The molecule has 1 fully saturated rings. The Morgan fingerprint density at radius 3 is 2.74 bits per heavy atom. The Kier molecular flexibility index (Phi) is 6.11. The first kappa shape index (κ1) is 20.8. The van der Waals surface area contributed by atoms with Gasteiger partial charge in [-0.05, 0) is 31.2 Å². The van der Waals surface area contributed by atoms with Gasteiger partial charge in [0.1, 0.15) is 19.0 Å². The Morgan fingerprint density at radius 1 is 1.19 bits per heavy atom. The number of nitrogens with one attached hydrogen (secondary N) is 1. The molecule has 0 bridgehead atoms. The van der Waals surface area contributed by atoms with Gasteiger partial charge in [0.05, 0.1) is 25.3 Å². The molecule has 31 heavy (non-hydrogen) atoms. The lowest BCUT2D eigenvalue weighted by Gasteiger charge is -2.24. The van der Waals surface area contributed by atoms with Crippen LogP contribution >= 0.6 is 0 Å². The number of carbonyl (C=O) groups is 3. The summed E-state index contributed by atoms with van der Waals surface area (Å²) in [5, 5.41) is 2.79. The maximum atomic E-state index is 13.0. The van der Waals surface area contributed by atoms with E-state index < -0.39 is 5.92 Å². The zero-order chi connectivity index (χ0) is 21.8. The Morgan fingerprint density at radius 2 is 2.00 bits per heavy atom. The Bertz CT molecular complexity index is 958. The van der Waals surface area contributed by atoms with Crippen LogP contribution in [0.3, 0.4) is 0 Å². The van der Waals surface area contributed by atoms with Crippen LogP contribution in [0.2, 0.25) is 0 Å². The van der Waals surface area contributed by atoms with Crippen LogP contribution in [0.4, 0.5) is 5.69 Å². The van der Waals surface area contributed by atoms with Crippen molar-refractivity contribution in [3.8, 4) is 11.5 Å². The lowest BCUT2D eigenvalue weighted by atomic mass is 10.1. The van der Waals surface area contributed by atoms with Crippen molar-refractivity contribution in [1.29, 1.82) is 0 Å². The number of likely N-dealkylation sites (tertiary alicyclic amines) is 1. The smallest absolute Gasteiger partial charge is 0.243 e. The molecule has 2 aliphatic heterocycles. The van der Waals surface area contributed by atoms with Crippen LogP contribution in [0.1, 0.15) is 19.1 Å². The van der Waals surface area contributed by atoms with Crippen LogP contribution in [0.15, 0.2) is 41.0 Å². The van der Waals surface area contributed by atoms with Crippen molar-refractivity contribution < 1.29 is 28.3 Å². The van der Waals surface area contributed by atoms with Crippen molar-refractivity contribution in [1.82, 2.24) is 9.80 Å². The van der Waals surface area contributed by atoms with Gasteiger partial charge in [0.25, 0.3) is 0 Å². The summed E-state index contributed by atoms with van der Waals surface area (Å²) in [6, 6.07) is 8.73. The molecule has 1 aromatic heterocycles. The van der Waals surface area contributed by atoms with Gasteiger partial charge < -0.3 is 29.0 Å². The van der Waals surface area contributed by atoms with Crippen molar-refractivity contribution in [3.05, 3.63) is 42.4 Å². The van der Waals surface area contributed by atoms with Crippen LogP contribution in [-0.4, -0.2) is 60.4 Å². The molecule has 9 nitrogen and oxygen atoms in total. The van der Waals surface area contributed by atoms with E-state index in [1.807, 2.05) is 6.92 Å². The van der Waals surface area contributed by atoms with Crippen LogP contribution < -0.4 is 14.8 Å². The minimum atomic E-state index is -0.468. The number of rotatable bonds is 7. The van der Waals surface area contributed by atoms with Crippen LogP contribution in [0.5, 0.6) is 11.5 Å². The number of anilines is 1. The van der Waals surface area contributed by atoms with E-state index in [4.69, 9.17) is 13.9 Å². The average Bonchev–Trinajstić information content (AvgIpc) is 3.41. The van der Waals surface area contributed by atoms with E-state index in [1.54, 1.807) is 41.5 Å². The van der Waals surface area contributed by atoms with E-state index >= 15 is 0 Å². The first-order valence-electron chi connectivity index (χ1n) is 10.3. The zero-order valence-electron chi connectivity index (χ0n) is 17.3. The molecule has 4 rings (SSSR count). The first-order chi connectivity index (χ1) is 15.0. The third-order valence-corrected chi connectivity index (χ3v) is 5.34. The second-order valence-corrected chi connectivity index (χ2v) is 7.51. The Labute approximate surface area is 179 Å². The Balaban J connectivity index is 1.33. The topological polar surface area (TPSA) is 101 Å². The van der Waals surface area contributed by atoms with Gasteiger partial charge >= 0.3 is 0 Å². The maximum absolute atomic E-state index is 13.0. The molecule has 0 radical (unpaired) electrons. The van der Waals surface area contributed by atoms with E-state index in [9.17, 15) is 14.4 Å². The summed E-state index contributed by atoms with van der Waals surface area (Å²) in [6.45, 7) is 3.70. The molecule has 3 heterocycles. The molecule has 9 heteroatoms. The van der Waals surface area contributed by atoms with Crippen molar-refractivity contribution in [2.75, 3.05) is 38.2 Å². The van der Waals surface area contributed by atoms with Crippen LogP contribution in [0, 0.1) is 5.92 Å². The highest BCUT2D eigenvalue weighted by Crippen LogP contribution is 2.32. The SMILES string of the molecule is CCN(CC(=O)Nc1ccc2c(c1)OCCO2)C(=O)C1CC(=O)N(Cc2ccco2)C1. The third kappa shape index (κ3) is 4.82. The van der Waals surface area contributed by atoms with Gasteiger partial charge in [-0.3, -0.25) is 14.4 Å². The number of carbonyl (C=O) groups excluding carboxylic acids is 3. The summed E-state index contributed by atoms with van der Waals surface area (Å²) in [5.74, 6) is 0.815. The molecule has 1 unspecified atom stereocenters. The summed E-state index contributed by atoms with van der Waals surface area (Å²) in [4.78, 5) is 40.9. The minimum absolute atomic E-state index is 0.0906. The molecule has 1 atom stereocenters. The largest absolute Gasteiger partial charge is 0.486 e. The Hall–Kier alpha value is -3.49. The molecule has 2 aliphatic rings. The maximum Gasteiger partial charge on any atom is 0.243 e. The summed E-state index contributed by atoms with van der Waals surface area (Å²) >= 11 is 0. The molecule has 0 aliphatic carbocycles. The van der Waals surface area contributed by atoms with E-state index in [-0.39, 0.29) is 30.7 Å². The quantitative estimate of drug-likeness (QED) is 0.724. The monoisotopic (exact) mass is 427 g/mol. The third-order valence-electron chi connectivity index (χ3n) is 5.34. The summed E-state index contributed by atoms with van der Waals surface area (Å²) in [6.07, 6.45) is 1.69. The van der Waals surface area contributed by atoms with Crippen molar-refractivity contribution in [2.24, 2.45) is 5.92 Å². The van der Waals surface area contributed by atoms with Gasteiger partial charge in [-0.1, -0.05) is 0 Å². The van der Waals surface area contributed by atoms with Crippen LogP contribution in [0.25, 0.3) is 0 Å². The number of fused-ring (bicyclic) bond motifs is 1. The van der Waals surface area contributed by atoms with Gasteiger partial charge in [-0.25, -0.2) is 0 Å². The van der Waals surface area contributed by atoms with Crippen molar-refractivity contribution in [2.45, 2.75) is 19.9 Å². The van der Waals surface area contributed by atoms with E-state index in [2.05, 4.69) is 5.32 Å². The van der Waals surface area contributed by atoms with E-state index in [0.717, 1.165) is 0 Å². The van der Waals surface area contributed by atoms with Crippen molar-refractivity contribution in [3.63, 3.8) is 0 Å². The molecule has 1 N–H and O–H groups in total. The molecular formula is C22H25N3O6. The van der Waals surface area contributed by atoms with Crippen molar-refractivity contribution >= 4 is 23.4 Å². The van der Waals surface area contributed by atoms with Gasteiger partial charge in [-0.15, -0.1) is 0 Å². The molecule has 0 spiro atoms. The number of amides is 3. The predicted molar refractivity (Wildman–Crippen MR) is 111 cm³/mol. The molecule has 3 amide bonds. The van der Waals surface area contributed by atoms with Crippen LogP contribution in [-0.2, 0) is 20.9 Å². The molecule has 1 saturated heterocycles. The van der Waals surface area contributed by atoms with Gasteiger partial charge in [-0.2, -0.15) is 0 Å². The summed E-state index contributed by atoms with van der Waals surface area (Å²) in [7, 11) is 0. The summed E-state index contributed by atoms with van der Waals surface area (Å²) < 4.78 is 16.3. The number of hydrogen-bond acceptors (Lipinski definition) is 6. The number of benzene rings is 1. The van der Waals surface area contributed by atoms with E-state index in [0.29, 0.717) is 55.8 Å². The van der Waals surface area contributed by atoms with Gasteiger partial charge in [0.2, 0.25) is 17.7 Å². The normalized spacial score (nSPS) is 17.5. The average molecular weight is 427 g/mol. The second kappa shape index (κ2) is 9.11. The van der Waals surface area contributed by atoms with E-state index in [1.165, 1.54) is 4.90 Å². The number of furan rings is 1. The van der Waals surface area contributed by atoms with Gasteiger partial charge in [0, 0.05) is 31.3 Å². The fourth-order valence-electron chi connectivity index (χ4n) is 3.78. The molecule has 164 valence electrons. The number of nitrogens with zero attached hydrogens (tertiary/aromatic N) is 2.